The molecule has 27 heavy (non-hydrogen) atoms. The van der Waals surface area contributed by atoms with Gasteiger partial charge in [0.15, 0.2) is 0 Å². The van der Waals surface area contributed by atoms with Gasteiger partial charge in [-0.2, -0.15) is 0 Å². The van der Waals surface area contributed by atoms with E-state index in [0.717, 1.165) is 17.5 Å². The Balaban J connectivity index is 1.93. The fourth-order valence-corrected chi connectivity index (χ4v) is 2.59. The van der Waals surface area contributed by atoms with Crippen LogP contribution >= 0.6 is 0 Å². The second-order valence-corrected chi connectivity index (χ2v) is 7.41. The van der Waals surface area contributed by atoms with Crippen molar-refractivity contribution in [1.82, 2.24) is 10.6 Å². The van der Waals surface area contributed by atoms with Crippen LogP contribution in [-0.2, 0) is 22.4 Å². The predicted octanol–water partition coefficient (Wildman–Crippen LogP) is 3.48. The van der Waals surface area contributed by atoms with Crippen molar-refractivity contribution < 1.29 is 14.3 Å². The van der Waals surface area contributed by atoms with E-state index in [9.17, 15) is 9.59 Å². The molecule has 5 heteroatoms. The van der Waals surface area contributed by atoms with E-state index < -0.39 is 17.6 Å². The highest BCUT2D eigenvalue weighted by Gasteiger charge is 2.26. The molecule has 0 aliphatic carbocycles. The maximum absolute atomic E-state index is 12.5. The monoisotopic (exact) mass is 368 g/mol. The Kier molecular flexibility index (Phi) is 7.41. The molecule has 144 valence electrons. The molecule has 0 bridgehead atoms. The second-order valence-electron chi connectivity index (χ2n) is 7.41. The Morgan fingerprint density at radius 1 is 0.926 bits per heavy atom. The molecule has 0 saturated carbocycles. The average Bonchev–Trinajstić information content (AvgIpc) is 2.61. The number of nitrogens with one attached hydrogen (secondary N) is 2. The van der Waals surface area contributed by atoms with E-state index in [1.165, 1.54) is 0 Å². The summed E-state index contributed by atoms with van der Waals surface area (Å²) in [6.07, 6.45) is 1.10. The number of ether oxygens (including phenoxy) is 1. The molecule has 0 unspecified atom stereocenters. The normalized spacial score (nSPS) is 12.1. The van der Waals surface area contributed by atoms with Crippen LogP contribution in [0.15, 0.2) is 60.7 Å². The summed E-state index contributed by atoms with van der Waals surface area (Å²) >= 11 is 0. The van der Waals surface area contributed by atoms with Crippen molar-refractivity contribution in [3.8, 4) is 0 Å². The number of urea groups is 1. The summed E-state index contributed by atoms with van der Waals surface area (Å²) in [6.45, 7) is 5.92. The number of benzene rings is 2. The quantitative estimate of drug-likeness (QED) is 0.735. The van der Waals surface area contributed by atoms with Crippen LogP contribution in [-0.4, -0.2) is 30.2 Å². The zero-order valence-electron chi connectivity index (χ0n) is 16.2. The minimum absolute atomic E-state index is 0.377. The van der Waals surface area contributed by atoms with Gasteiger partial charge in [0.25, 0.3) is 0 Å². The highest BCUT2D eigenvalue weighted by molar-refractivity contribution is 5.84. The van der Waals surface area contributed by atoms with Crippen molar-refractivity contribution in [2.24, 2.45) is 0 Å². The first kappa shape index (κ1) is 20.5. The number of esters is 1. The Labute approximate surface area is 161 Å². The Bertz CT molecular complexity index is 724. The Hall–Kier alpha value is -2.82. The van der Waals surface area contributed by atoms with Crippen molar-refractivity contribution in [2.45, 2.75) is 45.3 Å². The largest absolute Gasteiger partial charge is 0.458 e. The van der Waals surface area contributed by atoms with Crippen LogP contribution in [0.25, 0.3) is 0 Å². The molecule has 1 atom stereocenters. The molecule has 0 heterocycles. The molecule has 2 amide bonds. The van der Waals surface area contributed by atoms with Crippen LogP contribution < -0.4 is 10.6 Å². The molecule has 2 aromatic carbocycles. The number of hydrogen-bond acceptors (Lipinski definition) is 3. The van der Waals surface area contributed by atoms with Crippen LogP contribution in [0.5, 0.6) is 0 Å². The lowest BCUT2D eigenvalue weighted by atomic mass is 10.1. The maximum atomic E-state index is 12.5. The van der Waals surface area contributed by atoms with Crippen molar-refractivity contribution in [3.63, 3.8) is 0 Å². The smallest absolute Gasteiger partial charge is 0.329 e. The van der Waals surface area contributed by atoms with Gasteiger partial charge in [-0.1, -0.05) is 60.7 Å². The van der Waals surface area contributed by atoms with E-state index in [1.54, 1.807) is 0 Å². The predicted molar refractivity (Wildman–Crippen MR) is 106 cm³/mol. The van der Waals surface area contributed by atoms with Gasteiger partial charge in [-0.25, -0.2) is 9.59 Å². The molecule has 2 aromatic rings. The fraction of sp³-hybridized carbons (Fsp3) is 0.364. The number of hydrogen-bond donors (Lipinski definition) is 2. The molecule has 2 rings (SSSR count). The van der Waals surface area contributed by atoms with E-state index >= 15 is 0 Å². The SMILES string of the molecule is CC(C)(C)OC(=O)[C@H](Cc1ccccc1)NC(=O)NCCc1ccccc1. The van der Waals surface area contributed by atoms with Gasteiger partial charge in [0.05, 0.1) is 0 Å². The van der Waals surface area contributed by atoms with E-state index in [1.807, 2.05) is 81.4 Å². The van der Waals surface area contributed by atoms with Crippen molar-refractivity contribution in [3.05, 3.63) is 71.8 Å². The standard InChI is InChI=1S/C22H28N2O3/c1-22(2,3)27-20(25)19(16-18-12-8-5-9-13-18)24-21(26)23-15-14-17-10-6-4-7-11-17/h4-13,19H,14-16H2,1-3H3,(H2,23,24,26)/t19-/m0/s1. The molecule has 0 radical (unpaired) electrons. The first-order valence-electron chi connectivity index (χ1n) is 9.18. The summed E-state index contributed by atoms with van der Waals surface area (Å²) in [4.78, 5) is 24.8. The van der Waals surface area contributed by atoms with Crippen molar-refractivity contribution in [2.75, 3.05) is 6.54 Å². The van der Waals surface area contributed by atoms with Crippen molar-refractivity contribution >= 4 is 12.0 Å². The summed E-state index contributed by atoms with van der Waals surface area (Å²) in [6, 6.07) is 18.4. The number of carbonyl (C=O) groups is 2. The summed E-state index contributed by atoms with van der Waals surface area (Å²) in [5, 5.41) is 5.56. The zero-order chi connectivity index (χ0) is 19.7. The maximum Gasteiger partial charge on any atom is 0.329 e. The van der Waals surface area contributed by atoms with Gasteiger partial charge in [0.1, 0.15) is 11.6 Å². The molecule has 0 spiro atoms. The van der Waals surface area contributed by atoms with Gasteiger partial charge in [-0.3, -0.25) is 0 Å². The lowest BCUT2D eigenvalue weighted by Crippen LogP contribution is -2.49. The molecule has 0 saturated heterocycles. The van der Waals surface area contributed by atoms with Crippen LogP contribution in [0, 0.1) is 0 Å². The number of carbonyl (C=O) groups excluding carboxylic acids is 2. The molecule has 0 aromatic heterocycles. The fourth-order valence-electron chi connectivity index (χ4n) is 2.59. The highest BCUT2D eigenvalue weighted by atomic mass is 16.6. The summed E-state index contributed by atoms with van der Waals surface area (Å²) < 4.78 is 5.47. The molecule has 0 aliphatic rings. The van der Waals surface area contributed by atoms with E-state index in [-0.39, 0.29) is 6.03 Å². The Morgan fingerprint density at radius 3 is 2.04 bits per heavy atom. The van der Waals surface area contributed by atoms with Crippen molar-refractivity contribution in [1.29, 1.82) is 0 Å². The molecule has 0 aliphatic heterocycles. The zero-order valence-corrected chi connectivity index (χ0v) is 16.2. The van der Waals surface area contributed by atoms with Crippen LogP contribution in [0.4, 0.5) is 4.79 Å². The van der Waals surface area contributed by atoms with Crippen LogP contribution in [0.1, 0.15) is 31.9 Å². The average molecular weight is 368 g/mol. The van der Waals surface area contributed by atoms with E-state index in [4.69, 9.17) is 4.74 Å². The third kappa shape index (κ3) is 7.94. The third-order valence-electron chi connectivity index (χ3n) is 3.82. The summed E-state index contributed by atoms with van der Waals surface area (Å²) in [5.74, 6) is -0.440. The van der Waals surface area contributed by atoms with E-state index in [0.29, 0.717) is 13.0 Å². The van der Waals surface area contributed by atoms with Crippen LogP contribution in [0.3, 0.4) is 0 Å². The minimum atomic E-state index is -0.747. The lowest BCUT2D eigenvalue weighted by molar-refractivity contribution is -0.157. The van der Waals surface area contributed by atoms with Gasteiger partial charge in [0, 0.05) is 13.0 Å². The first-order valence-corrected chi connectivity index (χ1v) is 9.18. The van der Waals surface area contributed by atoms with Gasteiger partial charge >= 0.3 is 12.0 Å². The molecular formula is C22H28N2O3. The summed E-state index contributed by atoms with van der Waals surface area (Å²) in [7, 11) is 0. The third-order valence-corrected chi connectivity index (χ3v) is 3.82. The van der Waals surface area contributed by atoms with Gasteiger partial charge < -0.3 is 15.4 Å². The van der Waals surface area contributed by atoms with Gasteiger partial charge in [-0.15, -0.1) is 0 Å². The first-order chi connectivity index (χ1) is 12.8. The molecule has 0 fully saturated rings. The highest BCUT2D eigenvalue weighted by Crippen LogP contribution is 2.11. The molecular weight excluding hydrogens is 340 g/mol. The topological polar surface area (TPSA) is 67.4 Å². The molecule has 2 N–H and O–H groups in total. The number of amides is 2. The van der Waals surface area contributed by atoms with Gasteiger partial charge in [0.2, 0.25) is 0 Å². The Morgan fingerprint density at radius 2 is 1.48 bits per heavy atom. The van der Waals surface area contributed by atoms with Gasteiger partial charge in [-0.05, 0) is 38.3 Å². The van der Waals surface area contributed by atoms with Crippen LogP contribution in [0.2, 0.25) is 0 Å². The van der Waals surface area contributed by atoms with E-state index in [2.05, 4.69) is 10.6 Å². The minimum Gasteiger partial charge on any atom is -0.458 e. The summed E-state index contributed by atoms with van der Waals surface area (Å²) in [5.41, 5.74) is 1.49. The number of rotatable bonds is 7. The lowest BCUT2D eigenvalue weighted by Gasteiger charge is -2.24. The second kappa shape index (κ2) is 9.76. The molecule has 5 nitrogen and oxygen atoms in total.